The summed E-state index contributed by atoms with van der Waals surface area (Å²) in [7, 11) is 1.73. The molecule has 0 saturated carbocycles. The predicted octanol–water partition coefficient (Wildman–Crippen LogP) is 4.01. The summed E-state index contributed by atoms with van der Waals surface area (Å²) in [5.74, 6) is -0.986. The van der Waals surface area contributed by atoms with Gasteiger partial charge in [0.05, 0.1) is 11.1 Å². The zero-order chi connectivity index (χ0) is 23.5. The number of hydrogen-bond donors (Lipinski definition) is 1. The molecule has 0 aliphatic carbocycles. The Kier molecular flexibility index (Phi) is 6.62. The fourth-order valence-corrected chi connectivity index (χ4v) is 5.20. The first-order valence-electron chi connectivity index (χ1n) is 10.2. The van der Waals surface area contributed by atoms with Crippen molar-refractivity contribution in [3.63, 3.8) is 0 Å². The van der Waals surface area contributed by atoms with Crippen molar-refractivity contribution in [1.29, 1.82) is 0 Å². The standard InChI is InChI=1S/C24H22N4O3S2/c1-4-11-28-23(31)20-17(16-9-7-15(2)8-10-16)13-32-22(20)26-24(28)33-14-19(29)25-21(30)18-6-5-12-27(18)3/h4-10,12-13H,1,11,14H2,2-3H3,(H,25,29,30). The third-order valence-electron chi connectivity index (χ3n) is 5.09. The largest absolute Gasteiger partial charge is 0.347 e. The van der Waals surface area contributed by atoms with Crippen molar-refractivity contribution in [2.45, 2.75) is 18.6 Å². The molecule has 2 amide bonds. The van der Waals surface area contributed by atoms with Gasteiger partial charge in [0.2, 0.25) is 5.91 Å². The summed E-state index contributed by atoms with van der Waals surface area (Å²) in [6.07, 6.45) is 3.35. The molecule has 0 spiro atoms. The molecule has 0 fully saturated rings. The van der Waals surface area contributed by atoms with E-state index in [0.29, 0.717) is 21.1 Å². The van der Waals surface area contributed by atoms with Gasteiger partial charge in [-0.05, 0) is 24.6 Å². The highest BCUT2D eigenvalue weighted by molar-refractivity contribution is 7.99. The number of carbonyl (C=O) groups is 2. The lowest BCUT2D eigenvalue weighted by molar-refractivity contribution is -0.117. The number of aromatic nitrogens is 3. The van der Waals surface area contributed by atoms with Gasteiger partial charge in [-0.1, -0.05) is 47.7 Å². The zero-order valence-corrected chi connectivity index (χ0v) is 19.8. The molecule has 3 heterocycles. The average Bonchev–Trinajstić information content (AvgIpc) is 3.41. The van der Waals surface area contributed by atoms with Crippen LogP contribution in [0.5, 0.6) is 0 Å². The number of fused-ring (bicyclic) bond motifs is 1. The minimum absolute atomic E-state index is 0.0541. The highest BCUT2D eigenvalue weighted by Crippen LogP contribution is 2.32. The van der Waals surface area contributed by atoms with Gasteiger partial charge >= 0.3 is 0 Å². The highest BCUT2D eigenvalue weighted by atomic mass is 32.2. The third-order valence-corrected chi connectivity index (χ3v) is 6.94. The van der Waals surface area contributed by atoms with Crippen LogP contribution >= 0.6 is 23.1 Å². The number of nitrogens with zero attached hydrogens (tertiary/aromatic N) is 3. The first kappa shape index (κ1) is 22.8. The summed E-state index contributed by atoms with van der Waals surface area (Å²) in [6.45, 7) is 6.02. The number of thiophene rings is 1. The molecule has 4 aromatic rings. The maximum atomic E-state index is 13.4. The second-order valence-electron chi connectivity index (χ2n) is 7.46. The summed E-state index contributed by atoms with van der Waals surface area (Å²) in [5.41, 5.74) is 3.14. The monoisotopic (exact) mass is 478 g/mol. The van der Waals surface area contributed by atoms with Crippen LogP contribution in [0.2, 0.25) is 0 Å². The molecule has 0 aliphatic heterocycles. The Morgan fingerprint density at radius 3 is 2.67 bits per heavy atom. The molecule has 0 radical (unpaired) electrons. The predicted molar refractivity (Wildman–Crippen MR) is 133 cm³/mol. The van der Waals surface area contributed by atoms with E-state index in [0.717, 1.165) is 28.5 Å². The SMILES string of the molecule is C=CCn1c(SCC(=O)NC(=O)c2cccn2C)nc2scc(-c3ccc(C)cc3)c2c1=O. The molecule has 0 saturated heterocycles. The van der Waals surface area contributed by atoms with Gasteiger partial charge in [0, 0.05) is 30.7 Å². The Morgan fingerprint density at radius 1 is 1.24 bits per heavy atom. The van der Waals surface area contributed by atoms with Gasteiger partial charge in [0.15, 0.2) is 5.16 Å². The van der Waals surface area contributed by atoms with Gasteiger partial charge in [-0.15, -0.1) is 17.9 Å². The van der Waals surface area contributed by atoms with Crippen molar-refractivity contribution in [2.75, 3.05) is 5.75 Å². The number of imide groups is 1. The molecule has 3 aromatic heterocycles. The Bertz CT molecular complexity index is 1410. The Hall–Kier alpha value is -3.43. The highest BCUT2D eigenvalue weighted by Gasteiger charge is 2.19. The van der Waals surface area contributed by atoms with E-state index in [1.54, 1.807) is 36.0 Å². The number of hydrogen-bond acceptors (Lipinski definition) is 6. The van der Waals surface area contributed by atoms with E-state index >= 15 is 0 Å². The summed E-state index contributed by atoms with van der Waals surface area (Å²) >= 11 is 2.51. The van der Waals surface area contributed by atoms with Crippen molar-refractivity contribution in [2.24, 2.45) is 7.05 Å². The summed E-state index contributed by atoms with van der Waals surface area (Å²) in [5, 5.41) is 5.27. The maximum Gasteiger partial charge on any atom is 0.274 e. The molecule has 4 rings (SSSR count). The second kappa shape index (κ2) is 9.60. The van der Waals surface area contributed by atoms with E-state index in [9.17, 15) is 14.4 Å². The molecule has 168 valence electrons. The lowest BCUT2D eigenvalue weighted by atomic mass is 10.1. The Balaban J connectivity index is 1.60. The fraction of sp³-hybridized carbons (Fsp3) is 0.167. The third kappa shape index (κ3) is 4.69. The number of nitrogens with one attached hydrogen (secondary N) is 1. The summed E-state index contributed by atoms with van der Waals surface area (Å²) < 4.78 is 3.14. The number of aryl methyl sites for hydroxylation is 2. The van der Waals surface area contributed by atoms with E-state index < -0.39 is 11.8 Å². The number of allylic oxidation sites excluding steroid dienone is 1. The van der Waals surface area contributed by atoms with Crippen LogP contribution in [0.3, 0.4) is 0 Å². The quantitative estimate of drug-likeness (QED) is 0.246. The van der Waals surface area contributed by atoms with Crippen LogP contribution < -0.4 is 10.9 Å². The van der Waals surface area contributed by atoms with Gasteiger partial charge in [0.1, 0.15) is 10.5 Å². The van der Waals surface area contributed by atoms with Crippen LogP contribution in [0.25, 0.3) is 21.3 Å². The van der Waals surface area contributed by atoms with Crippen LogP contribution in [0.15, 0.2) is 70.6 Å². The van der Waals surface area contributed by atoms with Crippen molar-refractivity contribution < 1.29 is 9.59 Å². The van der Waals surface area contributed by atoms with E-state index in [4.69, 9.17) is 0 Å². The van der Waals surface area contributed by atoms with Gasteiger partial charge in [-0.25, -0.2) is 4.98 Å². The van der Waals surface area contributed by atoms with Crippen LogP contribution in [0, 0.1) is 6.92 Å². The lowest BCUT2D eigenvalue weighted by Crippen LogP contribution is -2.33. The number of amides is 2. The van der Waals surface area contributed by atoms with Crippen LogP contribution in [0.4, 0.5) is 0 Å². The minimum Gasteiger partial charge on any atom is -0.347 e. The van der Waals surface area contributed by atoms with E-state index in [1.807, 2.05) is 36.6 Å². The minimum atomic E-state index is -0.471. The summed E-state index contributed by atoms with van der Waals surface area (Å²) in [6, 6.07) is 11.4. The van der Waals surface area contributed by atoms with E-state index in [1.165, 1.54) is 15.9 Å². The van der Waals surface area contributed by atoms with Gasteiger partial charge < -0.3 is 4.57 Å². The van der Waals surface area contributed by atoms with Crippen molar-refractivity contribution in [3.05, 3.63) is 82.2 Å². The number of thioether (sulfide) groups is 1. The molecule has 9 heteroatoms. The molecule has 33 heavy (non-hydrogen) atoms. The van der Waals surface area contributed by atoms with E-state index in [2.05, 4.69) is 16.9 Å². The van der Waals surface area contributed by atoms with Crippen LogP contribution in [-0.4, -0.2) is 31.7 Å². The Labute approximate surface area is 198 Å². The first-order chi connectivity index (χ1) is 15.9. The lowest BCUT2D eigenvalue weighted by Gasteiger charge is -2.11. The Morgan fingerprint density at radius 2 is 2.00 bits per heavy atom. The molecule has 7 nitrogen and oxygen atoms in total. The van der Waals surface area contributed by atoms with Crippen molar-refractivity contribution >= 4 is 45.1 Å². The van der Waals surface area contributed by atoms with E-state index in [-0.39, 0.29) is 17.9 Å². The average molecular weight is 479 g/mol. The number of benzene rings is 1. The second-order valence-corrected chi connectivity index (χ2v) is 9.27. The molecule has 0 aliphatic rings. The zero-order valence-electron chi connectivity index (χ0n) is 18.2. The first-order valence-corrected chi connectivity index (χ1v) is 12.0. The molecule has 0 bridgehead atoms. The molecular weight excluding hydrogens is 456 g/mol. The van der Waals surface area contributed by atoms with Gasteiger partial charge in [-0.2, -0.15) is 0 Å². The fourth-order valence-electron chi connectivity index (χ4n) is 3.41. The van der Waals surface area contributed by atoms with Crippen molar-refractivity contribution in [1.82, 2.24) is 19.4 Å². The maximum absolute atomic E-state index is 13.4. The molecular formula is C24H22N4O3S2. The number of rotatable bonds is 7. The van der Waals surface area contributed by atoms with Crippen molar-refractivity contribution in [3.8, 4) is 11.1 Å². The van der Waals surface area contributed by atoms with Crippen LogP contribution in [0.1, 0.15) is 16.1 Å². The van der Waals surface area contributed by atoms with Gasteiger partial charge in [-0.3, -0.25) is 24.3 Å². The normalized spacial score (nSPS) is 11.0. The smallest absolute Gasteiger partial charge is 0.274 e. The number of carbonyl (C=O) groups excluding carboxylic acids is 2. The molecule has 0 atom stereocenters. The molecule has 1 N–H and O–H groups in total. The summed E-state index contributed by atoms with van der Waals surface area (Å²) in [4.78, 5) is 43.3. The molecule has 0 unspecified atom stereocenters. The molecule has 1 aromatic carbocycles. The topological polar surface area (TPSA) is 86.0 Å². The van der Waals surface area contributed by atoms with Crippen LogP contribution in [-0.2, 0) is 18.4 Å². The van der Waals surface area contributed by atoms with Gasteiger partial charge in [0.25, 0.3) is 11.5 Å².